The summed E-state index contributed by atoms with van der Waals surface area (Å²) >= 11 is 6.30. The summed E-state index contributed by atoms with van der Waals surface area (Å²) in [7, 11) is 0. The van der Waals surface area contributed by atoms with Crippen molar-refractivity contribution in [3.05, 3.63) is 34.6 Å². The number of nitrogens with zero attached hydrogens (tertiary/aromatic N) is 2. The minimum Gasteiger partial charge on any atom is -0.354 e. The molecule has 4 rings (SSSR count). The van der Waals surface area contributed by atoms with E-state index < -0.39 is 0 Å². The van der Waals surface area contributed by atoms with E-state index in [9.17, 15) is 18.8 Å². The van der Waals surface area contributed by atoms with Crippen molar-refractivity contribution >= 4 is 29.3 Å². The van der Waals surface area contributed by atoms with E-state index in [1.165, 1.54) is 11.0 Å². The molecule has 0 bridgehead atoms. The van der Waals surface area contributed by atoms with Gasteiger partial charge in [0.05, 0.1) is 17.9 Å². The van der Waals surface area contributed by atoms with Gasteiger partial charge in [0.15, 0.2) is 0 Å². The Kier molecular flexibility index (Phi) is 6.92. The molecule has 168 valence electrons. The van der Waals surface area contributed by atoms with Crippen molar-refractivity contribution in [2.24, 2.45) is 11.8 Å². The van der Waals surface area contributed by atoms with Crippen molar-refractivity contribution in [2.75, 3.05) is 26.2 Å². The van der Waals surface area contributed by atoms with Crippen LogP contribution in [-0.2, 0) is 14.4 Å². The van der Waals surface area contributed by atoms with Crippen LogP contribution in [0.2, 0.25) is 5.02 Å². The molecule has 0 radical (unpaired) electrons. The first kappa shape index (κ1) is 22.2. The molecule has 1 aromatic carbocycles. The van der Waals surface area contributed by atoms with Crippen molar-refractivity contribution in [1.29, 1.82) is 0 Å². The normalized spacial score (nSPS) is 25.0. The second-order valence-electron chi connectivity index (χ2n) is 8.77. The van der Waals surface area contributed by atoms with Gasteiger partial charge in [0, 0.05) is 30.1 Å². The molecule has 3 fully saturated rings. The maximum absolute atomic E-state index is 14.6. The van der Waals surface area contributed by atoms with Gasteiger partial charge in [0.1, 0.15) is 5.82 Å². The Balaban J connectivity index is 1.36. The van der Waals surface area contributed by atoms with Crippen molar-refractivity contribution in [3.8, 4) is 0 Å². The number of carbonyl (C=O) groups is 3. The largest absolute Gasteiger partial charge is 0.354 e. The molecule has 6 nitrogen and oxygen atoms in total. The smallest absolute Gasteiger partial charge is 0.233 e. The van der Waals surface area contributed by atoms with Crippen LogP contribution in [0.5, 0.6) is 0 Å². The Morgan fingerprint density at radius 2 is 1.74 bits per heavy atom. The van der Waals surface area contributed by atoms with E-state index in [4.69, 9.17) is 11.6 Å². The first-order valence-corrected chi connectivity index (χ1v) is 11.6. The predicted octanol–water partition coefficient (Wildman–Crippen LogP) is 3.30. The minimum absolute atomic E-state index is 0.0502. The number of rotatable bonds is 7. The van der Waals surface area contributed by atoms with Gasteiger partial charge >= 0.3 is 0 Å². The van der Waals surface area contributed by atoms with Gasteiger partial charge in [0.2, 0.25) is 17.7 Å². The third-order valence-electron chi connectivity index (χ3n) is 6.90. The number of imide groups is 1. The average Bonchev–Trinajstić information content (AvgIpc) is 3.37. The van der Waals surface area contributed by atoms with E-state index in [1.807, 2.05) is 0 Å². The highest BCUT2D eigenvalue weighted by atomic mass is 35.5. The van der Waals surface area contributed by atoms with Crippen LogP contribution in [0.3, 0.4) is 0 Å². The number of amides is 3. The molecule has 1 N–H and O–H groups in total. The summed E-state index contributed by atoms with van der Waals surface area (Å²) in [6, 6.07) is 4.27. The lowest BCUT2D eigenvalue weighted by molar-refractivity contribution is -0.140. The number of carbonyl (C=O) groups excluding carboxylic acids is 3. The van der Waals surface area contributed by atoms with Crippen LogP contribution in [-0.4, -0.2) is 53.7 Å². The van der Waals surface area contributed by atoms with Gasteiger partial charge in [-0.1, -0.05) is 30.5 Å². The molecule has 1 aromatic rings. The SMILES string of the molecule is O=C(CCN1C(=O)C2CCCCC2C1=O)NCC(c1c(F)cccc1Cl)N1CCCC1. The van der Waals surface area contributed by atoms with E-state index in [2.05, 4.69) is 10.2 Å². The van der Waals surface area contributed by atoms with E-state index in [-0.39, 0.29) is 60.9 Å². The summed E-state index contributed by atoms with van der Waals surface area (Å²) in [4.78, 5) is 41.1. The van der Waals surface area contributed by atoms with Crippen molar-refractivity contribution in [2.45, 2.75) is 51.0 Å². The molecular formula is C23H29ClFN3O3. The first-order chi connectivity index (χ1) is 15.0. The molecule has 3 amide bonds. The van der Waals surface area contributed by atoms with E-state index in [1.54, 1.807) is 12.1 Å². The number of benzene rings is 1. The standard InChI is InChI=1S/C23H29ClFN3O3/c24-17-8-5-9-18(25)21(17)19(27-11-3-4-12-27)14-26-20(29)10-13-28-22(30)15-6-1-2-7-16(15)23(28)31/h5,8-9,15-16,19H,1-4,6-7,10-14H2,(H,26,29). The summed E-state index contributed by atoms with van der Waals surface area (Å²) in [6.45, 7) is 1.98. The molecule has 3 unspecified atom stereocenters. The van der Waals surface area contributed by atoms with Crippen molar-refractivity contribution < 1.29 is 18.8 Å². The lowest BCUT2D eigenvalue weighted by Gasteiger charge is -2.29. The van der Waals surface area contributed by atoms with Gasteiger partial charge in [-0.3, -0.25) is 24.2 Å². The van der Waals surface area contributed by atoms with Crippen LogP contribution in [0.25, 0.3) is 0 Å². The molecule has 3 atom stereocenters. The Bertz CT molecular complexity index is 814. The molecule has 1 aliphatic carbocycles. The molecule has 8 heteroatoms. The van der Waals surface area contributed by atoms with E-state index in [0.717, 1.165) is 51.6 Å². The van der Waals surface area contributed by atoms with Gasteiger partial charge in [-0.2, -0.15) is 0 Å². The maximum atomic E-state index is 14.6. The Labute approximate surface area is 187 Å². The van der Waals surface area contributed by atoms with Gasteiger partial charge in [-0.25, -0.2) is 4.39 Å². The molecule has 0 spiro atoms. The van der Waals surface area contributed by atoms with Crippen LogP contribution in [0.4, 0.5) is 4.39 Å². The lowest BCUT2D eigenvalue weighted by Crippen LogP contribution is -2.39. The van der Waals surface area contributed by atoms with Crippen molar-refractivity contribution in [1.82, 2.24) is 15.1 Å². The zero-order chi connectivity index (χ0) is 22.0. The molecule has 1 saturated carbocycles. The fourth-order valence-electron chi connectivity index (χ4n) is 5.26. The highest BCUT2D eigenvalue weighted by Gasteiger charge is 2.47. The quantitative estimate of drug-likeness (QED) is 0.648. The first-order valence-electron chi connectivity index (χ1n) is 11.3. The van der Waals surface area contributed by atoms with Gasteiger partial charge in [-0.05, 0) is 50.9 Å². The number of fused-ring (bicyclic) bond motifs is 1. The summed E-state index contributed by atoms with van der Waals surface area (Å²) in [5.41, 5.74) is 0.403. The number of likely N-dealkylation sites (tertiary alicyclic amines) is 2. The summed E-state index contributed by atoms with van der Waals surface area (Å²) in [5, 5.41) is 3.22. The topological polar surface area (TPSA) is 69.7 Å². The second-order valence-corrected chi connectivity index (χ2v) is 9.18. The second kappa shape index (κ2) is 9.65. The summed E-state index contributed by atoms with van der Waals surface area (Å²) in [6.07, 6.45) is 5.58. The van der Waals surface area contributed by atoms with Crippen LogP contribution in [0.15, 0.2) is 18.2 Å². The third-order valence-corrected chi connectivity index (χ3v) is 7.23. The maximum Gasteiger partial charge on any atom is 0.233 e. The fourth-order valence-corrected chi connectivity index (χ4v) is 5.55. The van der Waals surface area contributed by atoms with Crippen LogP contribution < -0.4 is 5.32 Å². The number of hydrogen-bond donors (Lipinski definition) is 1. The van der Waals surface area contributed by atoms with Crippen LogP contribution in [0, 0.1) is 17.7 Å². The number of nitrogens with one attached hydrogen (secondary N) is 1. The van der Waals surface area contributed by atoms with Crippen LogP contribution in [0.1, 0.15) is 56.6 Å². The zero-order valence-electron chi connectivity index (χ0n) is 17.6. The van der Waals surface area contributed by atoms with E-state index in [0.29, 0.717) is 10.6 Å². The van der Waals surface area contributed by atoms with Gasteiger partial charge < -0.3 is 5.32 Å². The molecule has 0 aromatic heterocycles. The van der Waals surface area contributed by atoms with Crippen molar-refractivity contribution in [3.63, 3.8) is 0 Å². The molecular weight excluding hydrogens is 421 g/mol. The summed E-state index contributed by atoms with van der Waals surface area (Å²) in [5.74, 6) is -1.30. The van der Waals surface area contributed by atoms with Gasteiger partial charge in [-0.15, -0.1) is 0 Å². The highest BCUT2D eigenvalue weighted by Crippen LogP contribution is 2.38. The van der Waals surface area contributed by atoms with E-state index >= 15 is 0 Å². The molecule has 31 heavy (non-hydrogen) atoms. The molecule has 2 heterocycles. The molecule has 2 aliphatic heterocycles. The minimum atomic E-state index is -0.380. The Hall–Kier alpha value is -1.99. The highest BCUT2D eigenvalue weighted by molar-refractivity contribution is 6.31. The third kappa shape index (κ3) is 4.62. The number of halogens is 2. The zero-order valence-corrected chi connectivity index (χ0v) is 18.4. The predicted molar refractivity (Wildman–Crippen MR) is 115 cm³/mol. The van der Waals surface area contributed by atoms with Gasteiger partial charge in [0.25, 0.3) is 0 Å². The molecule has 2 saturated heterocycles. The average molecular weight is 450 g/mol. The molecule has 3 aliphatic rings. The summed E-state index contributed by atoms with van der Waals surface area (Å²) < 4.78 is 14.6. The lowest BCUT2D eigenvalue weighted by atomic mass is 9.81. The Morgan fingerprint density at radius 1 is 1.10 bits per heavy atom. The van der Waals surface area contributed by atoms with Crippen LogP contribution >= 0.6 is 11.6 Å². The Morgan fingerprint density at radius 3 is 2.35 bits per heavy atom. The fraction of sp³-hybridized carbons (Fsp3) is 0.609. The number of hydrogen-bond acceptors (Lipinski definition) is 4. The monoisotopic (exact) mass is 449 g/mol.